The molecular weight excluding hydrogens is 240 g/mol. The van der Waals surface area contributed by atoms with Crippen molar-refractivity contribution in [1.82, 2.24) is 15.0 Å². The minimum atomic E-state index is 0.0680. The van der Waals surface area contributed by atoms with Gasteiger partial charge in [0.15, 0.2) is 0 Å². The molecule has 1 heterocycles. The van der Waals surface area contributed by atoms with Crippen molar-refractivity contribution in [2.24, 2.45) is 0 Å². The van der Waals surface area contributed by atoms with E-state index in [1.54, 1.807) is 10.9 Å². The van der Waals surface area contributed by atoms with E-state index >= 15 is 0 Å². The summed E-state index contributed by atoms with van der Waals surface area (Å²) in [5.74, 6) is 0. The number of hydrogen-bond acceptors (Lipinski definition) is 4. The van der Waals surface area contributed by atoms with Crippen LogP contribution in [0.25, 0.3) is 12.2 Å². The molecular formula is C14H18N4O. The Bertz CT molecular complexity index is 543. The first kappa shape index (κ1) is 13.3. The maximum absolute atomic E-state index is 8.80. The molecule has 2 rings (SSSR count). The highest BCUT2D eigenvalue weighted by Gasteiger charge is 1.97. The fourth-order valence-corrected chi connectivity index (χ4v) is 1.67. The number of hydrogen-bond donors (Lipinski definition) is 1. The lowest BCUT2D eigenvalue weighted by atomic mass is 10.2. The molecule has 0 saturated heterocycles. The molecule has 1 N–H and O–H groups in total. The second-order valence-corrected chi connectivity index (χ2v) is 4.45. The number of aromatic nitrogens is 3. The molecule has 5 heteroatoms. The first-order valence-electron chi connectivity index (χ1n) is 6.15. The summed E-state index contributed by atoms with van der Waals surface area (Å²) in [5, 5.41) is 16.7. The van der Waals surface area contributed by atoms with Crippen LogP contribution >= 0.6 is 0 Å². The third-order valence-electron chi connectivity index (χ3n) is 2.74. The molecule has 0 radical (unpaired) electrons. The molecule has 0 aliphatic rings. The Morgan fingerprint density at radius 3 is 2.58 bits per heavy atom. The molecule has 0 unspecified atom stereocenters. The maximum atomic E-state index is 8.80. The smallest absolute Gasteiger partial charge is 0.105 e. The first-order valence-corrected chi connectivity index (χ1v) is 6.15. The molecule has 5 nitrogen and oxygen atoms in total. The Labute approximate surface area is 112 Å². The summed E-state index contributed by atoms with van der Waals surface area (Å²) < 4.78 is 1.62. The van der Waals surface area contributed by atoms with Gasteiger partial charge < -0.3 is 10.0 Å². The van der Waals surface area contributed by atoms with Crippen molar-refractivity contribution in [3.8, 4) is 0 Å². The standard InChI is InChI=1S/C14H18N4O/c1-17(2)14-7-4-12(5-8-14)3-6-13-11-18(9-10-19)16-15-13/h3-8,11,19H,9-10H2,1-2H3/b6-3+. The zero-order chi connectivity index (χ0) is 13.7. The van der Waals surface area contributed by atoms with E-state index < -0.39 is 0 Å². The van der Waals surface area contributed by atoms with Crippen LogP contribution in [0.2, 0.25) is 0 Å². The molecule has 0 amide bonds. The molecule has 0 bridgehead atoms. The van der Waals surface area contributed by atoms with Gasteiger partial charge in [-0.15, -0.1) is 5.10 Å². The minimum absolute atomic E-state index is 0.0680. The number of nitrogens with zero attached hydrogens (tertiary/aromatic N) is 4. The molecule has 19 heavy (non-hydrogen) atoms. The number of benzene rings is 1. The van der Waals surface area contributed by atoms with Gasteiger partial charge in [-0.1, -0.05) is 23.4 Å². The SMILES string of the molecule is CN(C)c1ccc(/C=C/c2cn(CCO)nn2)cc1. The van der Waals surface area contributed by atoms with E-state index in [0.29, 0.717) is 6.54 Å². The van der Waals surface area contributed by atoms with E-state index in [4.69, 9.17) is 5.11 Å². The van der Waals surface area contributed by atoms with Crippen molar-refractivity contribution in [3.63, 3.8) is 0 Å². The summed E-state index contributed by atoms with van der Waals surface area (Å²) in [6.45, 7) is 0.539. The van der Waals surface area contributed by atoms with Crippen molar-refractivity contribution in [2.45, 2.75) is 6.54 Å². The Kier molecular flexibility index (Phi) is 4.30. The van der Waals surface area contributed by atoms with Gasteiger partial charge in [-0.05, 0) is 23.8 Å². The lowest BCUT2D eigenvalue weighted by Gasteiger charge is -2.11. The van der Waals surface area contributed by atoms with Gasteiger partial charge in [-0.25, -0.2) is 4.68 Å². The van der Waals surface area contributed by atoms with E-state index in [1.165, 1.54) is 5.69 Å². The van der Waals surface area contributed by atoms with E-state index in [9.17, 15) is 0 Å². The highest BCUT2D eigenvalue weighted by atomic mass is 16.3. The van der Waals surface area contributed by atoms with Crippen molar-refractivity contribution in [1.29, 1.82) is 0 Å². The molecule has 1 aromatic heterocycles. The molecule has 100 valence electrons. The number of anilines is 1. The molecule has 1 aromatic carbocycles. The number of rotatable bonds is 5. The van der Waals surface area contributed by atoms with E-state index in [-0.39, 0.29) is 6.61 Å². The fraction of sp³-hybridized carbons (Fsp3) is 0.286. The molecule has 0 aliphatic heterocycles. The van der Waals surface area contributed by atoms with Crippen LogP contribution in [0.4, 0.5) is 5.69 Å². The summed E-state index contributed by atoms with van der Waals surface area (Å²) in [6.07, 6.45) is 5.71. The lowest BCUT2D eigenvalue weighted by Crippen LogP contribution is -2.07. The Hall–Kier alpha value is -2.14. The zero-order valence-corrected chi connectivity index (χ0v) is 11.2. The fourth-order valence-electron chi connectivity index (χ4n) is 1.67. The summed E-state index contributed by atoms with van der Waals surface area (Å²) in [4.78, 5) is 2.06. The molecule has 2 aromatic rings. The van der Waals surface area contributed by atoms with Crippen LogP contribution in [0.15, 0.2) is 30.5 Å². The lowest BCUT2D eigenvalue weighted by molar-refractivity contribution is 0.268. The second kappa shape index (κ2) is 6.15. The molecule has 0 fully saturated rings. The van der Waals surface area contributed by atoms with Gasteiger partial charge in [0, 0.05) is 19.8 Å². The van der Waals surface area contributed by atoms with Crippen LogP contribution in [-0.2, 0) is 6.54 Å². The Morgan fingerprint density at radius 2 is 1.95 bits per heavy atom. The van der Waals surface area contributed by atoms with E-state index in [1.807, 2.05) is 26.2 Å². The van der Waals surface area contributed by atoms with Crippen LogP contribution in [-0.4, -0.2) is 40.8 Å². The normalized spacial score (nSPS) is 11.1. The van der Waals surface area contributed by atoms with E-state index in [0.717, 1.165) is 11.3 Å². The number of aliphatic hydroxyl groups is 1. The minimum Gasteiger partial charge on any atom is -0.394 e. The summed E-state index contributed by atoms with van der Waals surface area (Å²) in [7, 11) is 4.04. The maximum Gasteiger partial charge on any atom is 0.105 e. The molecule has 0 aliphatic carbocycles. The van der Waals surface area contributed by atoms with Gasteiger partial charge in [0.2, 0.25) is 0 Å². The predicted octanol–water partition coefficient (Wildman–Crippen LogP) is 1.51. The van der Waals surface area contributed by atoms with Crippen molar-refractivity contribution in [3.05, 3.63) is 41.7 Å². The van der Waals surface area contributed by atoms with Crippen LogP contribution in [0, 0.1) is 0 Å². The van der Waals surface area contributed by atoms with Gasteiger partial charge in [0.25, 0.3) is 0 Å². The third-order valence-corrected chi connectivity index (χ3v) is 2.74. The van der Waals surface area contributed by atoms with Gasteiger partial charge >= 0.3 is 0 Å². The molecule has 0 atom stereocenters. The topological polar surface area (TPSA) is 54.2 Å². The van der Waals surface area contributed by atoms with E-state index in [2.05, 4.69) is 39.5 Å². The van der Waals surface area contributed by atoms with Crippen LogP contribution in [0.5, 0.6) is 0 Å². The zero-order valence-electron chi connectivity index (χ0n) is 11.2. The van der Waals surface area contributed by atoms with Gasteiger partial charge in [0.05, 0.1) is 19.3 Å². The summed E-state index contributed by atoms with van der Waals surface area (Å²) in [5.41, 5.74) is 3.07. The molecule has 0 saturated carbocycles. The average molecular weight is 258 g/mol. The summed E-state index contributed by atoms with van der Waals surface area (Å²) in [6, 6.07) is 8.26. The highest BCUT2D eigenvalue weighted by Crippen LogP contribution is 2.14. The van der Waals surface area contributed by atoms with Gasteiger partial charge in [-0.2, -0.15) is 0 Å². The number of aliphatic hydroxyl groups excluding tert-OH is 1. The molecule has 0 spiro atoms. The summed E-state index contributed by atoms with van der Waals surface area (Å²) >= 11 is 0. The second-order valence-electron chi connectivity index (χ2n) is 4.45. The quantitative estimate of drug-likeness (QED) is 0.883. The van der Waals surface area contributed by atoms with Crippen LogP contribution in [0.1, 0.15) is 11.3 Å². The average Bonchev–Trinajstić information content (AvgIpc) is 2.85. The first-order chi connectivity index (χ1) is 9.19. The van der Waals surface area contributed by atoms with Crippen LogP contribution in [0.3, 0.4) is 0 Å². The Balaban J connectivity index is 2.04. The highest BCUT2D eigenvalue weighted by molar-refractivity contribution is 5.68. The van der Waals surface area contributed by atoms with Gasteiger partial charge in [0.1, 0.15) is 5.69 Å². The van der Waals surface area contributed by atoms with Crippen molar-refractivity contribution < 1.29 is 5.11 Å². The van der Waals surface area contributed by atoms with Crippen molar-refractivity contribution in [2.75, 3.05) is 25.6 Å². The third kappa shape index (κ3) is 3.66. The largest absolute Gasteiger partial charge is 0.394 e. The van der Waals surface area contributed by atoms with Crippen molar-refractivity contribution >= 4 is 17.8 Å². The van der Waals surface area contributed by atoms with Crippen LogP contribution < -0.4 is 4.90 Å². The monoisotopic (exact) mass is 258 g/mol. The van der Waals surface area contributed by atoms with Gasteiger partial charge in [-0.3, -0.25) is 0 Å². The predicted molar refractivity (Wildman–Crippen MR) is 76.8 cm³/mol. The Morgan fingerprint density at radius 1 is 1.21 bits per heavy atom.